The summed E-state index contributed by atoms with van der Waals surface area (Å²) < 4.78 is 18.3. The van der Waals surface area contributed by atoms with Gasteiger partial charge in [-0.15, -0.1) is 0 Å². The Morgan fingerprint density at radius 3 is 3.00 bits per heavy atom. The molecular weight excluding hydrogens is 271 g/mol. The lowest BCUT2D eigenvalue weighted by Gasteiger charge is -2.08. The van der Waals surface area contributed by atoms with Crippen molar-refractivity contribution in [3.05, 3.63) is 59.5 Å². The summed E-state index contributed by atoms with van der Waals surface area (Å²) in [5.41, 5.74) is 1.32. The van der Waals surface area contributed by atoms with Crippen LogP contribution < -0.4 is 10.1 Å². The average Bonchev–Trinajstić information content (AvgIpc) is 3.26. The van der Waals surface area contributed by atoms with Gasteiger partial charge in [-0.1, -0.05) is 12.1 Å². The van der Waals surface area contributed by atoms with Crippen LogP contribution in [-0.2, 0) is 0 Å². The zero-order valence-corrected chi connectivity index (χ0v) is 11.5. The second-order valence-electron chi connectivity index (χ2n) is 5.04. The monoisotopic (exact) mass is 286 g/mol. The Balaban J connectivity index is 1.67. The van der Waals surface area contributed by atoms with E-state index >= 15 is 0 Å². The fourth-order valence-electron chi connectivity index (χ4n) is 2.43. The van der Waals surface area contributed by atoms with Gasteiger partial charge in [-0.3, -0.25) is 4.79 Å². The van der Waals surface area contributed by atoms with Crippen molar-refractivity contribution >= 4 is 5.91 Å². The first-order valence-corrected chi connectivity index (χ1v) is 6.74. The molecular formula is C16H15FN2O2. The number of ether oxygens (including phenoxy) is 1. The van der Waals surface area contributed by atoms with Crippen LogP contribution >= 0.6 is 0 Å². The van der Waals surface area contributed by atoms with Crippen molar-refractivity contribution < 1.29 is 13.9 Å². The maximum Gasteiger partial charge on any atom is 0.257 e. The van der Waals surface area contributed by atoms with Crippen LogP contribution in [0.25, 0.3) is 0 Å². The molecule has 2 atom stereocenters. The van der Waals surface area contributed by atoms with Gasteiger partial charge in [0.25, 0.3) is 5.91 Å². The van der Waals surface area contributed by atoms with Crippen molar-refractivity contribution in [2.24, 2.45) is 0 Å². The number of methoxy groups -OCH3 is 1. The molecule has 21 heavy (non-hydrogen) atoms. The zero-order chi connectivity index (χ0) is 14.8. The van der Waals surface area contributed by atoms with Gasteiger partial charge in [0, 0.05) is 18.2 Å². The Kier molecular flexibility index (Phi) is 3.56. The molecule has 1 N–H and O–H groups in total. The van der Waals surface area contributed by atoms with E-state index < -0.39 is 0 Å². The Bertz CT molecular complexity index is 675. The van der Waals surface area contributed by atoms with Gasteiger partial charge < -0.3 is 10.1 Å². The quantitative estimate of drug-likeness (QED) is 0.939. The van der Waals surface area contributed by atoms with Crippen molar-refractivity contribution in [1.29, 1.82) is 0 Å². The Labute approximate surface area is 122 Å². The van der Waals surface area contributed by atoms with Gasteiger partial charge in [0.15, 0.2) is 0 Å². The summed E-state index contributed by atoms with van der Waals surface area (Å²) in [6.07, 6.45) is 2.39. The molecule has 0 bridgehead atoms. The van der Waals surface area contributed by atoms with Crippen LogP contribution in [0.5, 0.6) is 5.88 Å². The molecule has 5 heteroatoms. The fraction of sp³-hybridized carbons (Fsp3) is 0.250. The van der Waals surface area contributed by atoms with E-state index in [1.165, 1.54) is 19.2 Å². The minimum atomic E-state index is -0.251. The predicted octanol–water partition coefficient (Wildman–Crippen LogP) is 2.52. The van der Waals surface area contributed by atoms with Crippen LogP contribution in [0.15, 0.2) is 42.6 Å². The maximum absolute atomic E-state index is 13.2. The van der Waals surface area contributed by atoms with Crippen LogP contribution in [-0.4, -0.2) is 24.0 Å². The fourth-order valence-corrected chi connectivity index (χ4v) is 2.43. The first-order valence-electron chi connectivity index (χ1n) is 6.74. The minimum absolute atomic E-state index is 0.0317. The number of pyridine rings is 1. The number of halogens is 1. The number of nitrogens with zero attached hydrogens (tertiary/aromatic N) is 1. The number of amides is 1. The molecule has 2 aromatic rings. The first-order chi connectivity index (χ1) is 10.2. The normalized spacial score (nSPS) is 19.9. The summed E-state index contributed by atoms with van der Waals surface area (Å²) in [6, 6.07) is 9.89. The summed E-state index contributed by atoms with van der Waals surface area (Å²) >= 11 is 0. The highest BCUT2D eigenvalue weighted by atomic mass is 19.1. The highest BCUT2D eigenvalue weighted by Crippen LogP contribution is 2.41. The molecule has 1 saturated carbocycles. The predicted molar refractivity (Wildman–Crippen MR) is 75.8 cm³/mol. The number of carbonyl (C=O) groups excluding carboxylic acids is 1. The van der Waals surface area contributed by atoms with Gasteiger partial charge >= 0.3 is 0 Å². The third kappa shape index (κ3) is 2.86. The standard InChI is InChI=1S/C16H15FN2O2/c1-21-16-12(6-3-7-18-16)15(20)19-14-9-13(14)10-4-2-5-11(17)8-10/h2-8,13-14H,9H2,1H3,(H,19,20). The van der Waals surface area contributed by atoms with Gasteiger partial charge in [0.1, 0.15) is 11.4 Å². The van der Waals surface area contributed by atoms with E-state index in [9.17, 15) is 9.18 Å². The number of nitrogens with one attached hydrogen (secondary N) is 1. The van der Waals surface area contributed by atoms with E-state index in [1.807, 2.05) is 6.07 Å². The van der Waals surface area contributed by atoms with E-state index in [2.05, 4.69) is 10.3 Å². The van der Waals surface area contributed by atoms with Crippen LogP contribution in [0.2, 0.25) is 0 Å². The summed E-state index contributed by atoms with van der Waals surface area (Å²) in [7, 11) is 1.48. The van der Waals surface area contributed by atoms with Crippen molar-refractivity contribution in [2.45, 2.75) is 18.4 Å². The molecule has 1 heterocycles. The third-order valence-corrected chi connectivity index (χ3v) is 3.59. The molecule has 0 aliphatic heterocycles. The molecule has 108 valence electrons. The number of hydrogen-bond acceptors (Lipinski definition) is 3. The summed E-state index contributed by atoms with van der Waals surface area (Å²) in [4.78, 5) is 16.2. The third-order valence-electron chi connectivity index (χ3n) is 3.59. The smallest absolute Gasteiger partial charge is 0.257 e. The van der Waals surface area contributed by atoms with E-state index in [0.717, 1.165) is 12.0 Å². The van der Waals surface area contributed by atoms with Gasteiger partial charge in [-0.2, -0.15) is 0 Å². The molecule has 2 unspecified atom stereocenters. The summed E-state index contributed by atoms with van der Waals surface area (Å²) in [6.45, 7) is 0. The summed E-state index contributed by atoms with van der Waals surface area (Å²) in [5, 5.41) is 2.93. The molecule has 1 aromatic carbocycles. The maximum atomic E-state index is 13.2. The van der Waals surface area contributed by atoms with E-state index in [-0.39, 0.29) is 23.7 Å². The number of carbonyl (C=O) groups is 1. The molecule has 1 aromatic heterocycles. The summed E-state index contributed by atoms with van der Waals surface area (Å²) in [5.74, 6) is 0.00697. The second kappa shape index (κ2) is 5.52. The van der Waals surface area contributed by atoms with Crippen molar-refractivity contribution in [3.63, 3.8) is 0 Å². The van der Waals surface area contributed by atoms with Gasteiger partial charge in [-0.25, -0.2) is 9.37 Å². The van der Waals surface area contributed by atoms with Crippen LogP contribution in [0.3, 0.4) is 0 Å². The minimum Gasteiger partial charge on any atom is -0.480 e. The zero-order valence-electron chi connectivity index (χ0n) is 11.5. The lowest BCUT2D eigenvalue weighted by Crippen LogP contribution is -2.27. The SMILES string of the molecule is COc1ncccc1C(=O)NC1CC1c1cccc(F)c1. The highest BCUT2D eigenvalue weighted by Gasteiger charge is 2.40. The lowest BCUT2D eigenvalue weighted by atomic mass is 10.1. The molecule has 1 fully saturated rings. The topological polar surface area (TPSA) is 51.2 Å². The van der Waals surface area contributed by atoms with Gasteiger partial charge in [0.05, 0.1) is 7.11 Å². The molecule has 0 saturated heterocycles. The van der Waals surface area contributed by atoms with E-state index in [1.54, 1.807) is 24.4 Å². The largest absolute Gasteiger partial charge is 0.480 e. The van der Waals surface area contributed by atoms with E-state index in [4.69, 9.17) is 4.74 Å². The second-order valence-corrected chi connectivity index (χ2v) is 5.04. The number of rotatable bonds is 4. The molecule has 1 aliphatic carbocycles. The average molecular weight is 286 g/mol. The highest BCUT2D eigenvalue weighted by molar-refractivity contribution is 5.96. The van der Waals surface area contributed by atoms with Gasteiger partial charge in [0.2, 0.25) is 5.88 Å². The van der Waals surface area contributed by atoms with Crippen LogP contribution in [0.1, 0.15) is 28.3 Å². The first kappa shape index (κ1) is 13.5. The van der Waals surface area contributed by atoms with Crippen LogP contribution in [0.4, 0.5) is 4.39 Å². The van der Waals surface area contributed by atoms with Crippen molar-refractivity contribution in [1.82, 2.24) is 10.3 Å². The number of benzene rings is 1. The van der Waals surface area contributed by atoms with Crippen molar-refractivity contribution in [3.8, 4) is 5.88 Å². The van der Waals surface area contributed by atoms with Crippen LogP contribution in [0, 0.1) is 5.82 Å². The molecule has 0 spiro atoms. The molecule has 1 aliphatic rings. The van der Waals surface area contributed by atoms with Gasteiger partial charge in [-0.05, 0) is 36.2 Å². The lowest BCUT2D eigenvalue weighted by molar-refractivity contribution is 0.0946. The molecule has 1 amide bonds. The number of aromatic nitrogens is 1. The number of hydrogen-bond donors (Lipinski definition) is 1. The van der Waals surface area contributed by atoms with E-state index in [0.29, 0.717) is 11.4 Å². The molecule has 3 rings (SSSR count). The Morgan fingerprint density at radius 1 is 1.38 bits per heavy atom. The Morgan fingerprint density at radius 2 is 2.24 bits per heavy atom. The molecule has 0 radical (unpaired) electrons. The Hall–Kier alpha value is -2.43. The molecule has 4 nitrogen and oxygen atoms in total. The van der Waals surface area contributed by atoms with Crippen molar-refractivity contribution in [2.75, 3.05) is 7.11 Å².